The third-order valence-electron chi connectivity index (χ3n) is 3.99. The number of rotatable bonds is 3. The average molecular weight is 331 g/mol. The Kier molecular flexibility index (Phi) is 3.81. The lowest BCUT2D eigenvalue weighted by Crippen LogP contribution is -2.27. The summed E-state index contributed by atoms with van der Waals surface area (Å²) in [5.41, 5.74) is 2.17. The second-order valence-corrected chi connectivity index (χ2v) is 7.36. The summed E-state index contributed by atoms with van der Waals surface area (Å²) in [5, 5.41) is 0. The topological polar surface area (TPSA) is 70.6 Å². The van der Waals surface area contributed by atoms with Gasteiger partial charge >= 0.3 is 0 Å². The number of benzene rings is 1. The molecule has 1 aliphatic heterocycles. The van der Waals surface area contributed by atoms with Crippen LogP contribution in [-0.4, -0.2) is 32.9 Å². The Morgan fingerprint density at radius 1 is 1.30 bits per heavy atom. The van der Waals surface area contributed by atoms with Crippen molar-refractivity contribution in [1.82, 2.24) is 4.98 Å². The van der Waals surface area contributed by atoms with Crippen molar-refractivity contribution in [2.24, 2.45) is 0 Å². The largest absolute Gasteiger partial charge is 0.312 e. The first-order valence-corrected chi connectivity index (χ1v) is 8.65. The number of fused-ring (bicyclic) bond motifs is 1. The Hall–Kier alpha value is -2.41. The molecule has 0 unspecified atom stereocenters. The molecule has 2 heterocycles. The molecule has 2 aromatic rings. The van der Waals surface area contributed by atoms with E-state index < -0.39 is 10.0 Å². The molecular weight excluding hydrogens is 314 g/mol. The Bertz CT molecular complexity index is 850. The molecule has 0 fully saturated rings. The van der Waals surface area contributed by atoms with Crippen LogP contribution >= 0.6 is 0 Å². The van der Waals surface area contributed by atoms with Gasteiger partial charge < -0.3 is 4.90 Å². The van der Waals surface area contributed by atoms with Crippen molar-refractivity contribution in [3.05, 3.63) is 48.3 Å². The van der Waals surface area contributed by atoms with Crippen LogP contribution in [0.25, 0.3) is 0 Å². The standard InChI is InChI=1S/C16H17N3O3S/c1-12(20)19-9-7-13-10-15(5-6-16(13)19)23(21,22)18(2)14-4-3-8-17-11-14/h3-6,8,10-11H,7,9H2,1-2H3. The average Bonchev–Trinajstić information content (AvgIpc) is 2.98. The van der Waals surface area contributed by atoms with E-state index in [1.165, 1.54) is 24.5 Å². The molecule has 1 aliphatic rings. The molecule has 120 valence electrons. The molecule has 1 amide bonds. The van der Waals surface area contributed by atoms with Crippen molar-refractivity contribution in [2.45, 2.75) is 18.2 Å². The number of amides is 1. The van der Waals surface area contributed by atoms with E-state index in [2.05, 4.69) is 4.98 Å². The summed E-state index contributed by atoms with van der Waals surface area (Å²) in [5.74, 6) is -0.0353. The zero-order valence-electron chi connectivity index (χ0n) is 12.9. The van der Waals surface area contributed by atoms with Crippen LogP contribution < -0.4 is 9.21 Å². The number of nitrogens with zero attached hydrogens (tertiary/aromatic N) is 3. The van der Waals surface area contributed by atoms with Gasteiger partial charge in [-0.1, -0.05) is 0 Å². The van der Waals surface area contributed by atoms with Gasteiger partial charge in [-0.05, 0) is 42.3 Å². The molecule has 1 aromatic heterocycles. The minimum absolute atomic E-state index is 0.0353. The molecule has 3 rings (SSSR count). The van der Waals surface area contributed by atoms with E-state index in [1.807, 2.05) is 0 Å². The highest BCUT2D eigenvalue weighted by molar-refractivity contribution is 7.92. The van der Waals surface area contributed by atoms with Crippen LogP contribution in [0.3, 0.4) is 0 Å². The van der Waals surface area contributed by atoms with Crippen LogP contribution in [0.15, 0.2) is 47.6 Å². The molecule has 0 radical (unpaired) electrons. The third kappa shape index (κ3) is 2.68. The number of carbonyl (C=O) groups is 1. The summed E-state index contributed by atoms with van der Waals surface area (Å²) in [6.07, 6.45) is 3.76. The maximum Gasteiger partial charge on any atom is 0.264 e. The fourth-order valence-electron chi connectivity index (χ4n) is 2.70. The quantitative estimate of drug-likeness (QED) is 0.860. The number of anilines is 2. The monoisotopic (exact) mass is 331 g/mol. The summed E-state index contributed by atoms with van der Waals surface area (Å²) < 4.78 is 26.7. The van der Waals surface area contributed by atoms with Crippen molar-refractivity contribution in [3.63, 3.8) is 0 Å². The van der Waals surface area contributed by atoms with Crippen molar-refractivity contribution >= 4 is 27.3 Å². The molecule has 0 bridgehead atoms. The molecule has 0 spiro atoms. The first kappa shape index (κ1) is 15.5. The minimum Gasteiger partial charge on any atom is -0.312 e. The number of sulfonamides is 1. The smallest absolute Gasteiger partial charge is 0.264 e. The van der Waals surface area contributed by atoms with E-state index in [1.54, 1.807) is 41.4 Å². The van der Waals surface area contributed by atoms with E-state index in [4.69, 9.17) is 0 Å². The predicted molar refractivity (Wildman–Crippen MR) is 88.0 cm³/mol. The van der Waals surface area contributed by atoms with Gasteiger partial charge in [-0.2, -0.15) is 0 Å². The Balaban J connectivity index is 1.98. The van der Waals surface area contributed by atoms with Gasteiger partial charge in [-0.15, -0.1) is 0 Å². The van der Waals surface area contributed by atoms with Gasteiger partial charge in [0.25, 0.3) is 10.0 Å². The third-order valence-corrected chi connectivity index (χ3v) is 5.78. The molecule has 0 N–H and O–H groups in total. The summed E-state index contributed by atoms with van der Waals surface area (Å²) >= 11 is 0. The SMILES string of the molecule is CC(=O)N1CCc2cc(S(=O)(=O)N(C)c3cccnc3)ccc21. The van der Waals surface area contributed by atoms with Gasteiger partial charge in [0, 0.05) is 32.4 Å². The summed E-state index contributed by atoms with van der Waals surface area (Å²) in [7, 11) is -2.16. The second-order valence-electron chi connectivity index (χ2n) is 5.39. The van der Waals surface area contributed by atoms with Crippen LogP contribution in [0.4, 0.5) is 11.4 Å². The molecular formula is C16H17N3O3S. The zero-order chi connectivity index (χ0) is 16.6. The van der Waals surface area contributed by atoms with Gasteiger partial charge in [0.1, 0.15) is 0 Å². The Morgan fingerprint density at radius 2 is 2.09 bits per heavy atom. The fourth-order valence-corrected chi connectivity index (χ4v) is 3.94. The number of aromatic nitrogens is 1. The lowest BCUT2D eigenvalue weighted by Gasteiger charge is -2.20. The molecule has 7 heteroatoms. The van der Waals surface area contributed by atoms with E-state index in [-0.39, 0.29) is 10.8 Å². The van der Waals surface area contributed by atoms with Gasteiger partial charge in [-0.25, -0.2) is 8.42 Å². The van der Waals surface area contributed by atoms with Crippen LogP contribution in [0.1, 0.15) is 12.5 Å². The first-order chi connectivity index (χ1) is 10.9. The van der Waals surface area contributed by atoms with E-state index >= 15 is 0 Å². The number of hydrogen-bond donors (Lipinski definition) is 0. The molecule has 0 saturated carbocycles. The minimum atomic E-state index is -3.66. The van der Waals surface area contributed by atoms with E-state index in [9.17, 15) is 13.2 Å². The number of pyridine rings is 1. The van der Waals surface area contributed by atoms with Crippen LogP contribution in [0.2, 0.25) is 0 Å². The Morgan fingerprint density at radius 3 is 2.74 bits per heavy atom. The van der Waals surface area contributed by atoms with Crippen LogP contribution in [0.5, 0.6) is 0 Å². The normalized spacial score (nSPS) is 13.7. The number of carbonyl (C=O) groups excluding carboxylic acids is 1. The van der Waals surface area contributed by atoms with Crippen molar-refractivity contribution in [1.29, 1.82) is 0 Å². The van der Waals surface area contributed by atoms with E-state index in [0.717, 1.165) is 11.3 Å². The predicted octanol–water partition coefficient (Wildman–Crippen LogP) is 1.82. The zero-order valence-corrected chi connectivity index (χ0v) is 13.7. The maximum absolute atomic E-state index is 12.8. The summed E-state index contributed by atoms with van der Waals surface area (Å²) in [4.78, 5) is 17.4. The van der Waals surface area contributed by atoms with Gasteiger partial charge in [0.15, 0.2) is 0 Å². The summed E-state index contributed by atoms with van der Waals surface area (Å²) in [6, 6.07) is 8.28. The van der Waals surface area contributed by atoms with Gasteiger partial charge in [-0.3, -0.25) is 14.1 Å². The van der Waals surface area contributed by atoms with Crippen LogP contribution in [-0.2, 0) is 21.2 Å². The molecule has 0 atom stereocenters. The lowest BCUT2D eigenvalue weighted by atomic mass is 10.2. The second kappa shape index (κ2) is 5.66. The van der Waals surface area contributed by atoms with Gasteiger partial charge in [0.05, 0.1) is 16.8 Å². The fraction of sp³-hybridized carbons (Fsp3) is 0.250. The highest BCUT2D eigenvalue weighted by Crippen LogP contribution is 2.31. The van der Waals surface area contributed by atoms with Crippen LogP contribution in [0, 0.1) is 0 Å². The molecule has 0 aliphatic carbocycles. The summed E-state index contributed by atoms with van der Waals surface area (Å²) in [6.45, 7) is 2.10. The first-order valence-electron chi connectivity index (χ1n) is 7.21. The Labute approximate surface area is 135 Å². The molecule has 6 nitrogen and oxygen atoms in total. The highest BCUT2D eigenvalue weighted by Gasteiger charge is 2.27. The molecule has 23 heavy (non-hydrogen) atoms. The maximum atomic E-state index is 12.8. The number of hydrogen-bond acceptors (Lipinski definition) is 4. The molecule has 0 saturated heterocycles. The van der Waals surface area contributed by atoms with Crippen molar-refractivity contribution in [3.8, 4) is 0 Å². The van der Waals surface area contributed by atoms with Crippen molar-refractivity contribution in [2.75, 3.05) is 22.8 Å². The van der Waals surface area contributed by atoms with Gasteiger partial charge in [0.2, 0.25) is 5.91 Å². The lowest BCUT2D eigenvalue weighted by molar-refractivity contribution is -0.116. The van der Waals surface area contributed by atoms with Crippen molar-refractivity contribution < 1.29 is 13.2 Å². The highest BCUT2D eigenvalue weighted by atomic mass is 32.2. The molecule has 1 aromatic carbocycles. The van der Waals surface area contributed by atoms with E-state index in [0.29, 0.717) is 18.7 Å².